The Morgan fingerprint density at radius 3 is 2.50 bits per heavy atom. The molecule has 0 aliphatic heterocycles. The van der Waals surface area contributed by atoms with E-state index in [1.54, 1.807) is 18.2 Å². The molecule has 0 aliphatic rings. The van der Waals surface area contributed by atoms with E-state index in [9.17, 15) is 14.0 Å². The fraction of sp³-hybridized carbons (Fsp3) is 0.300. The smallest absolute Gasteiger partial charge is 0.311 e. The number of halogens is 1. The Labute approximate surface area is 152 Å². The van der Waals surface area contributed by atoms with Crippen molar-refractivity contribution in [3.63, 3.8) is 0 Å². The van der Waals surface area contributed by atoms with Gasteiger partial charge in [0, 0.05) is 12.1 Å². The van der Waals surface area contributed by atoms with E-state index in [0.717, 1.165) is 11.1 Å². The number of carbonyl (C=O) groups is 2. The van der Waals surface area contributed by atoms with Gasteiger partial charge in [0.15, 0.2) is 6.10 Å². The Balaban J connectivity index is 1.87. The molecule has 0 spiro atoms. The first-order chi connectivity index (χ1) is 12.4. The van der Waals surface area contributed by atoms with Crippen LogP contribution in [0.4, 0.5) is 4.39 Å². The highest BCUT2D eigenvalue weighted by molar-refractivity contribution is 5.84. The fourth-order valence-corrected chi connectivity index (χ4v) is 2.43. The monoisotopic (exact) mass is 359 g/mol. The second-order valence-electron chi connectivity index (χ2n) is 5.97. The highest BCUT2D eigenvalue weighted by Gasteiger charge is 2.19. The Hall–Kier alpha value is -2.89. The van der Waals surface area contributed by atoms with Gasteiger partial charge in [0.2, 0.25) is 0 Å². The Kier molecular flexibility index (Phi) is 6.72. The maximum absolute atomic E-state index is 12.9. The fourth-order valence-electron chi connectivity index (χ4n) is 2.43. The molecule has 0 saturated heterocycles. The largest absolute Gasteiger partial charge is 0.496 e. The van der Waals surface area contributed by atoms with Crippen LogP contribution < -0.4 is 10.1 Å². The van der Waals surface area contributed by atoms with Crippen LogP contribution >= 0.6 is 0 Å². The van der Waals surface area contributed by atoms with Crippen molar-refractivity contribution in [2.24, 2.45) is 0 Å². The molecule has 5 nitrogen and oxygen atoms in total. The van der Waals surface area contributed by atoms with Gasteiger partial charge in [0.1, 0.15) is 11.6 Å². The van der Waals surface area contributed by atoms with Crippen molar-refractivity contribution in [3.05, 3.63) is 65.0 Å². The predicted molar refractivity (Wildman–Crippen MR) is 95.2 cm³/mol. The minimum atomic E-state index is -0.932. The summed E-state index contributed by atoms with van der Waals surface area (Å²) < 4.78 is 23.3. The van der Waals surface area contributed by atoms with E-state index >= 15 is 0 Å². The number of benzene rings is 2. The summed E-state index contributed by atoms with van der Waals surface area (Å²) in [5.41, 5.74) is 2.46. The van der Waals surface area contributed by atoms with Crippen LogP contribution in [0.25, 0.3) is 0 Å². The van der Waals surface area contributed by atoms with Crippen LogP contribution in [0.15, 0.2) is 42.5 Å². The summed E-state index contributed by atoms with van der Waals surface area (Å²) in [6.45, 7) is 3.65. The SMILES string of the molecule is COc1ccc(C)cc1CC(=O)O[C@@H](C)C(=O)NCc1ccc(F)cc1. The molecule has 0 aliphatic carbocycles. The standard InChI is InChI=1S/C20H22FNO4/c1-13-4-9-18(25-3)16(10-13)11-19(23)26-14(2)20(24)22-12-15-5-7-17(21)8-6-15/h4-10,14H,11-12H2,1-3H3,(H,22,24)/t14-/m0/s1. The lowest BCUT2D eigenvalue weighted by atomic mass is 10.1. The number of hydrogen-bond donors (Lipinski definition) is 1. The van der Waals surface area contributed by atoms with Gasteiger partial charge in [-0.2, -0.15) is 0 Å². The summed E-state index contributed by atoms with van der Waals surface area (Å²) in [6, 6.07) is 11.3. The van der Waals surface area contributed by atoms with Gasteiger partial charge in [-0.3, -0.25) is 9.59 Å². The van der Waals surface area contributed by atoms with Crippen LogP contribution in [-0.4, -0.2) is 25.1 Å². The third kappa shape index (κ3) is 5.58. The zero-order valence-electron chi connectivity index (χ0n) is 15.0. The molecule has 0 bridgehead atoms. The lowest BCUT2D eigenvalue weighted by molar-refractivity contribution is -0.154. The van der Waals surface area contributed by atoms with Gasteiger partial charge in [-0.25, -0.2) is 4.39 Å². The Morgan fingerprint density at radius 2 is 1.85 bits per heavy atom. The Bertz CT molecular complexity index is 774. The molecule has 1 N–H and O–H groups in total. The molecule has 0 aromatic heterocycles. The highest BCUT2D eigenvalue weighted by Crippen LogP contribution is 2.20. The summed E-state index contributed by atoms with van der Waals surface area (Å²) >= 11 is 0. The number of rotatable bonds is 7. The molecule has 0 heterocycles. The van der Waals surface area contributed by atoms with Crippen molar-refractivity contribution in [2.75, 3.05) is 7.11 Å². The van der Waals surface area contributed by atoms with E-state index in [-0.39, 0.29) is 18.8 Å². The van der Waals surface area contributed by atoms with E-state index in [0.29, 0.717) is 11.3 Å². The highest BCUT2D eigenvalue weighted by atomic mass is 19.1. The summed E-state index contributed by atoms with van der Waals surface area (Å²) in [4.78, 5) is 24.2. The first-order valence-electron chi connectivity index (χ1n) is 8.24. The van der Waals surface area contributed by atoms with E-state index in [1.165, 1.54) is 26.2 Å². The minimum absolute atomic E-state index is 0.0143. The number of nitrogens with one attached hydrogen (secondary N) is 1. The van der Waals surface area contributed by atoms with Crippen molar-refractivity contribution in [1.29, 1.82) is 0 Å². The van der Waals surface area contributed by atoms with Crippen molar-refractivity contribution in [1.82, 2.24) is 5.32 Å². The number of carbonyl (C=O) groups excluding carboxylic acids is 2. The van der Waals surface area contributed by atoms with Crippen molar-refractivity contribution >= 4 is 11.9 Å². The minimum Gasteiger partial charge on any atom is -0.496 e. The van der Waals surface area contributed by atoms with E-state index in [1.807, 2.05) is 19.1 Å². The average Bonchev–Trinajstić information content (AvgIpc) is 2.61. The van der Waals surface area contributed by atoms with Crippen molar-refractivity contribution in [2.45, 2.75) is 32.9 Å². The molecular formula is C20H22FNO4. The van der Waals surface area contributed by atoms with Crippen molar-refractivity contribution < 1.29 is 23.5 Å². The average molecular weight is 359 g/mol. The first-order valence-corrected chi connectivity index (χ1v) is 8.24. The third-order valence-electron chi connectivity index (χ3n) is 3.83. The van der Waals surface area contributed by atoms with Gasteiger partial charge >= 0.3 is 5.97 Å². The van der Waals surface area contributed by atoms with Crippen LogP contribution in [-0.2, 0) is 27.3 Å². The van der Waals surface area contributed by atoms with Crippen LogP contribution in [0.1, 0.15) is 23.6 Å². The number of hydrogen-bond acceptors (Lipinski definition) is 4. The van der Waals surface area contributed by atoms with Gasteiger partial charge in [0.05, 0.1) is 13.5 Å². The molecule has 2 aromatic rings. The third-order valence-corrected chi connectivity index (χ3v) is 3.83. The summed E-state index contributed by atoms with van der Waals surface area (Å²) in [7, 11) is 1.53. The number of amides is 1. The number of esters is 1. The van der Waals surface area contributed by atoms with Crippen molar-refractivity contribution in [3.8, 4) is 5.75 Å². The molecule has 0 unspecified atom stereocenters. The summed E-state index contributed by atoms with van der Waals surface area (Å²) in [6.07, 6.45) is -0.917. The molecule has 0 saturated carbocycles. The normalized spacial score (nSPS) is 11.5. The summed E-state index contributed by atoms with van der Waals surface area (Å²) in [5, 5.41) is 2.66. The van der Waals surface area contributed by atoms with Crippen LogP contribution in [0.5, 0.6) is 5.75 Å². The lowest BCUT2D eigenvalue weighted by Crippen LogP contribution is -2.35. The molecule has 26 heavy (non-hydrogen) atoms. The second-order valence-corrected chi connectivity index (χ2v) is 5.97. The molecule has 1 atom stereocenters. The van der Waals surface area contributed by atoms with E-state index in [2.05, 4.69) is 5.32 Å². The molecule has 2 rings (SSSR count). The second kappa shape index (κ2) is 8.99. The van der Waals surface area contributed by atoms with E-state index in [4.69, 9.17) is 9.47 Å². The zero-order valence-corrected chi connectivity index (χ0v) is 15.0. The summed E-state index contributed by atoms with van der Waals surface area (Å²) in [5.74, 6) is -0.674. The quantitative estimate of drug-likeness (QED) is 0.772. The zero-order chi connectivity index (χ0) is 19.1. The maximum Gasteiger partial charge on any atom is 0.311 e. The van der Waals surface area contributed by atoms with Gasteiger partial charge in [-0.05, 0) is 37.6 Å². The molecule has 0 radical (unpaired) electrons. The predicted octanol–water partition coefficient (Wildman–Crippen LogP) is 2.93. The molecule has 138 valence electrons. The van der Waals surface area contributed by atoms with Crippen LogP contribution in [0.3, 0.4) is 0 Å². The number of methoxy groups -OCH3 is 1. The van der Waals surface area contributed by atoms with Crippen LogP contribution in [0.2, 0.25) is 0 Å². The lowest BCUT2D eigenvalue weighted by Gasteiger charge is -2.14. The van der Waals surface area contributed by atoms with E-state index < -0.39 is 18.0 Å². The maximum atomic E-state index is 12.9. The topological polar surface area (TPSA) is 64.6 Å². The molecule has 6 heteroatoms. The Morgan fingerprint density at radius 1 is 1.15 bits per heavy atom. The van der Waals surface area contributed by atoms with Gasteiger partial charge in [-0.15, -0.1) is 0 Å². The van der Waals surface area contributed by atoms with Crippen LogP contribution in [0, 0.1) is 12.7 Å². The number of aryl methyl sites for hydroxylation is 1. The molecule has 0 fully saturated rings. The van der Waals surface area contributed by atoms with Gasteiger partial charge < -0.3 is 14.8 Å². The molecular weight excluding hydrogens is 337 g/mol. The molecule has 2 aromatic carbocycles. The number of ether oxygens (including phenoxy) is 2. The first kappa shape index (κ1) is 19.4. The molecule has 1 amide bonds. The van der Waals surface area contributed by atoms with Gasteiger partial charge in [0.25, 0.3) is 5.91 Å². The van der Waals surface area contributed by atoms with Gasteiger partial charge in [-0.1, -0.05) is 29.8 Å².